The standard InChI is InChI=1S/C17H21NO3/c19-9-7-15(13-3-4-13)18-17(20)6-2-12-1-5-16-14(11-12)8-10-21-16/h1-2,5-6,11,13,15,19H,3-4,7-10H2,(H,18,20)/b6-2+. The molecule has 1 amide bonds. The summed E-state index contributed by atoms with van der Waals surface area (Å²) in [5.41, 5.74) is 2.22. The lowest BCUT2D eigenvalue weighted by atomic mass is 10.1. The van der Waals surface area contributed by atoms with Crippen molar-refractivity contribution < 1.29 is 14.6 Å². The van der Waals surface area contributed by atoms with Gasteiger partial charge in [-0.3, -0.25) is 4.79 Å². The van der Waals surface area contributed by atoms with E-state index in [2.05, 4.69) is 11.4 Å². The molecule has 1 heterocycles. The van der Waals surface area contributed by atoms with Gasteiger partial charge in [0, 0.05) is 25.1 Å². The second kappa shape index (κ2) is 6.31. The molecule has 1 aromatic carbocycles. The Morgan fingerprint density at radius 3 is 3.10 bits per heavy atom. The third-order valence-corrected chi connectivity index (χ3v) is 4.10. The minimum Gasteiger partial charge on any atom is -0.493 e. The molecule has 1 aliphatic carbocycles. The van der Waals surface area contributed by atoms with Crippen LogP contribution in [0, 0.1) is 5.92 Å². The molecule has 1 atom stereocenters. The average Bonchev–Trinajstić information content (AvgIpc) is 3.22. The second-order valence-electron chi connectivity index (χ2n) is 5.76. The normalized spacial score (nSPS) is 18.3. The Morgan fingerprint density at radius 1 is 1.48 bits per heavy atom. The van der Waals surface area contributed by atoms with Crippen LogP contribution < -0.4 is 10.1 Å². The molecular formula is C17H21NO3. The molecule has 1 unspecified atom stereocenters. The number of aliphatic hydroxyl groups is 1. The summed E-state index contributed by atoms with van der Waals surface area (Å²) in [4.78, 5) is 12.0. The molecule has 0 aromatic heterocycles. The first-order valence-electron chi connectivity index (χ1n) is 7.61. The molecule has 21 heavy (non-hydrogen) atoms. The Morgan fingerprint density at radius 2 is 2.33 bits per heavy atom. The topological polar surface area (TPSA) is 58.6 Å². The van der Waals surface area contributed by atoms with Crippen molar-refractivity contribution in [3.8, 4) is 5.75 Å². The highest BCUT2D eigenvalue weighted by Crippen LogP contribution is 2.33. The number of nitrogens with one attached hydrogen (secondary N) is 1. The highest BCUT2D eigenvalue weighted by Gasteiger charge is 2.31. The van der Waals surface area contributed by atoms with E-state index in [1.807, 2.05) is 18.2 Å². The molecule has 2 N–H and O–H groups in total. The van der Waals surface area contributed by atoms with Gasteiger partial charge in [-0.1, -0.05) is 6.07 Å². The van der Waals surface area contributed by atoms with Crippen molar-refractivity contribution in [2.24, 2.45) is 5.92 Å². The first-order chi connectivity index (χ1) is 10.3. The quantitative estimate of drug-likeness (QED) is 0.786. The van der Waals surface area contributed by atoms with Crippen molar-refractivity contribution in [1.82, 2.24) is 5.32 Å². The van der Waals surface area contributed by atoms with Gasteiger partial charge in [-0.25, -0.2) is 0 Å². The number of amides is 1. The fourth-order valence-electron chi connectivity index (χ4n) is 2.78. The van der Waals surface area contributed by atoms with Gasteiger partial charge < -0.3 is 15.2 Å². The molecule has 4 nitrogen and oxygen atoms in total. The molecular weight excluding hydrogens is 266 g/mol. The summed E-state index contributed by atoms with van der Waals surface area (Å²) >= 11 is 0. The van der Waals surface area contributed by atoms with Gasteiger partial charge in [0.1, 0.15) is 5.75 Å². The summed E-state index contributed by atoms with van der Waals surface area (Å²) in [5.74, 6) is 1.41. The molecule has 0 saturated heterocycles. The zero-order valence-electron chi connectivity index (χ0n) is 12.0. The Labute approximate surface area is 124 Å². The summed E-state index contributed by atoms with van der Waals surface area (Å²) < 4.78 is 5.46. The van der Waals surface area contributed by atoms with Crippen LogP contribution in [-0.2, 0) is 11.2 Å². The first-order valence-corrected chi connectivity index (χ1v) is 7.61. The van der Waals surface area contributed by atoms with Crippen molar-refractivity contribution in [3.63, 3.8) is 0 Å². The molecule has 112 valence electrons. The van der Waals surface area contributed by atoms with Crippen LogP contribution in [0.1, 0.15) is 30.4 Å². The molecule has 3 rings (SSSR count). The number of hydrogen-bond acceptors (Lipinski definition) is 3. The second-order valence-corrected chi connectivity index (χ2v) is 5.76. The SMILES string of the molecule is O=C(/C=C/c1ccc2c(c1)CCO2)NC(CCO)C1CC1. The highest BCUT2D eigenvalue weighted by molar-refractivity contribution is 5.92. The van der Waals surface area contributed by atoms with Gasteiger partial charge in [0.15, 0.2) is 0 Å². The predicted molar refractivity (Wildman–Crippen MR) is 81.0 cm³/mol. The van der Waals surface area contributed by atoms with Gasteiger partial charge >= 0.3 is 0 Å². The number of hydrogen-bond donors (Lipinski definition) is 2. The van der Waals surface area contributed by atoms with Crippen LogP contribution in [0.2, 0.25) is 0 Å². The summed E-state index contributed by atoms with van der Waals surface area (Å²) in [5, 5.41) is 12.0. The molecule has 1 fully saturated rings. The number of benzene rings is 1. The number of carbonyl (C=O) groups is 1. The van der Waals surface area contributed by atoms with Crippen LogP contribution in [0.3, 0.4) is 0 Å². The first kappa shape index (κ1) is 14.1. The van der Waals surface area contributed by atoms with E-state index in [0.29, 0.717) is 12.3 Å². The smallest absolute Gasteiger partial charge is 0.244 e. The third-order valence-electron chi connectivity index (χ3n) is 4.10. The zero-order chi connectivity index (χ0) is 14.7. The van der Waals surface area contributed by atoms with E-state index in [-0.39, 0.29) is 18.6 Å². The largest absolute Gasteiger partial charge is 0.493 e. The lowest BCUT2D eigenvalue weighted by Crippen LogP contribution is -2.36. The number of carbonyl (C=O) groups excluding carboxylic acids is 1. The van der Waals surface area contributed by atoms with Gasteiger partial charge in [-0.2, -0.15) is 0 Å². The molecule has 0 bridgehead atoms. The van der Waals surface area contributed by atoms with Crippen LogP contribution in [0.4, 0.5) is 0 Å². The van der Waals surface area contributed by atoms with Crippen LogP contribution in [0.15, 0.2) is 24.3 Å². The van der Waals surface area contributed by atoms with Gasteiger partial charge in [0.05, 0.1) is 6.61 Å². The summed E-state index contributed by atoms with van der Waals surface area (Å²) in [6, 6.07) is 6.09. The Balaban J connectivity index is 1.58. The van der Waals surface area contributed by atoms with E-state index in [0.717, 1.165) is 37.2 Å². The van der Waals surface area contributed by atoms with E-state index in [1.165, 1.54) is 5.56 Å². The molecule has 1 saturated carbocycles. The number of fused-ring (bicyclic) bond motifs is 1. The maximum absolute atomic E-state index is 12.0. The Kier molecular flexibility index (Phi) is 4.25. The van der Waals surface area contributed by atoms with Crippen molar-refractivity contribution in [1.29, 1.82) is 0 Å². The number of aliphatic hydroxyl groups excluding tert-OH is 1. The van der Waals surface area contributed by atoms with E-state index in [1.54, 1.807) is 6.08 Å². The van der Waals surface area contributed by atoms with Crippen molar-refractivity contribution in [2.75, 3.05) is 13.2 Å². The molecule has 1 aromatic rings. The zero-order valence-corrected chi connectivity index (χ0v) is 12.0. The van der Waals surface area contributed by atoms with Crippen LogP contribution in [0.25, 0.3) is 6.08 Å². The van der Waals surface area contributed by atoms with Crippen LogP contribution in [-0.4, -0.2) is 30.3 Å². The molecule has 2 aliphatic rings. The van der Waals surface area contributed by atoms with Crippen LogP contribution in [0.5, 0.6) is 5.75 Å². The Hall–Kier alpha value is -1.81. The minimum absolute atomic E-state index is 0.0860. The van der Waals surface area contributed by atoms with Crippen molar-refractivity contribution in [3.05, 3.63) is 35.4 Å². The minimum atomic E-state index is -0.0860. The number of ether oxygens (including phenoxy) is 1. The molecule has 0 radical (unpaired) electrons. The summed E-state index contributed by atoms with van der Waals surface area (Å²) in [7, 11) is 0. The molecule has 0 spiro atoms. The van der Waals surface area contributed by atoms with Gasteiger partial charge in [-0.05, 0) is 54.5 Å². The lowest BCUT2D eigenvalue weighted by molar-refractivity contribution is -0.117. The van der Waals surface area contributed by atoms with Gasteiger partial charge in [-0.15, -0.1) is 0 Å². The highest BCUT2D eigenvalue weighted by atomic mass is 16.5. The van der Waals surface area contributed by atoms with E-state index in [4.69, 9.17) is 9.84 Å². The number of rotatable bonds is 6. The monoisotopic (exact) mass is 287 g/mol. The summed E-state index contributed by atoms with van der Waals surface area (Å²) in [6.07, 6.45) is 7.28. The molecule has 4 heteroatoms. The Bertz CT molecular complexity index is 549. The van der Waals surface area contributed by atoms with E-state index in [9.17, 15) is 4.79 Å². The van der Waals surface area contributed by atoms with Gasteiger partial charge in [0.25, 0.3) is 0 Å². The predicted octanol–water partition coefficient (Wildman–Crippen LogP) is 1.91. The van der Waals surface area contributed by atoms with Gasteiger partial charge in [0.2, 0.25) is 5.91 Å². The lowest BCUT2D eigenvalue weighted by Gasteiger charge is -2.15. The maximum Gasteiger partial charge on any atom is 0.244 e. The van der Waals surface area contributed by atoms with Crippen molar-refractivity contribution in [2.45, 2.75) is 31.7 Å². The molecule has 1 aliphatic heterocycles. The van der Waals surface area contributed by atoms with E-state index < -0.39 is 0 Å². The van der Waals surface area contributed by atoms with Crippen LogP contribution >= 0.6 is 0 Å². The van der Waals surface area contributed by atoms with E-state index >= 15 is 0 Å². The summed E-state index contributed by atoms with van der Waals surface area (Å²) in [6.45, 7) is 0.864. The fourth-order valence-corrected chi connectivity index (χ4v) is 2.78. The average molecular weight is 287 g/mol. The maximum atomic E-state index is 12.0. The fraction of sp³-hybridized carbons (Fsp3) is 0.471. The third kappa shape index (κ3) is 3.64. The van der Waals surface area contributed by atoms with Crippen molar-refractivity contribution >= 4 is 12.0 Å².